The first-order chi connectivity index (χ1) is 8.34. The summed E-state index contributed by atoms with van der Waals surface area (Å²) in [6, 6.07) is -0.416. The van der Waals surface area contributed by atoms with Gasteiger partial charge in [-0.1, -0.05) is 6.92 Å². The second-order valence-electron chi connectivity index (χ2n) is 4.92. The van der Waals surface area contributed by atoms with E-state index in [9.17, 15) is 13.2 Å². The van der Waals surface area contributed by atoms with E-state index in [0.717, 1.165) is 0 Å². The Morgan fingerprint density at radius 2 is 2.22 bits per heavy atom. The van der Waals surface area contributed by atoms with Crippen LogP contribution in [0.2, 0.25) is 0 Å². The van der Waals surface area contributed by atoms with Crippen molar-refractivity contribution in [3.63, 3.8) is 0 Å². The number of aliphatic carboxylic acids is 1. The van der Waals surface area contributed by atoms with Crippen LogP contribution in [0, 0.1) is 5.92 Å². The van der Waals surface area contributed by atoms with Crippen molar-refractivity contribution < 1.29 is 23.1 Å². The molecule has 2 unspecified atom stereocenters. The first kappa shape index (κ1) is 15.4. The Morgan fingerprint density at radius 3 is 2.78 bits per heavy atom. The van der Waals surface area contributed by atoms with E-state index in [-0.39, 0.29) is 23.8 Å². The third kappa shape index (κ3) is 4.91. The predicted molar refractivity (Wildman–Crippen MR) is 67.3 cm³/mol. The van der Waals surface area contributed by atoms with Crippen molar-refractivity contribution in [2.24, 2.45) is 5.92 Å². The van der Waals surface area contributed by atoms with Crippen LogP contribution in [0.5, 0.6) is 0 Å². The second kappa shape index (κ2) is 6.49. The third-order valence-corrected chi connectivity index (χ3v) is 4.76. The summed E-state index contributed by atoms with van der Waals surface area (Å²) >= 11 is 0. The Balaban J connectivity index is 2.66. The molecule has 18 heavy (non-hydrogen) atoms. The molecule has 1 heterocycles. The van der Waals surface area contributed by atoms with E-state index in [0.29, 0.717) is 19.7 Å². The molecule has 7 heteroatoms. The molecule has 1 aliphatic heterocycles. The maximum Gasteiger partial charge on any atom is 0.304 e. The summed E-state index contributed by atoms with van der Waals surface area (Å²) in [6.45, 7) is 3.67. The first-order valence-electron chi connectivity index (χ1n) is 5.99. The first-order valence-corrected chi connectivity index (χ1v) is 7.81. The Labute approximate surface area is 108 Å². The number of carboxylic acids is 1. The molecule has 6 nitrogen and oxygen atoms in total. The van der Waals surface area contributed by atoms with E-state index in [1.54, 1.807) is 7.11 Å². The summed E-state index contributed by atoms with van der Waals surface area (Å²) < 4.78 is 28.2. The maximum atomic E-state index is 11.6. The largest absolute Gasteiger partial charge is 0.481 e. The van der Waals surface area contributed by atoms with Gasteiger partial charge in [0.1, 0.15) is 0 Å². The van der Waals surface area contributed by atoms with Gasteiger partial charge in [-0.05, 0) is 5.92 Å². The number of ether oxygens (including phenoxy) is 1. The average Bonchev–Trinajstić information content (AvgIpc) is 2.21. The number of nitrogens with zero attached hydrogens (tertiary/aromatic N) is 1. The van der Waals surface area contributed by atoms with Crippen LogP contribution in [0.25, 0.3) is 0 Å². The standard InChI is InChI=1S/C11H21NO5S/c1-9(7-17-2)6-12-3-4-18(15,16)8-10(12)5-11(13)14/h9-10H,3-8H2,1-2H3,(H,13,14). The van der Waals surface area contributed by atoms with Crippen molar-refractivity contribution in [1.29, 1.82) is 0 Å². The molecule has 1 rings (SSSR count). The SMILES string of the molecule is COCC(C)CN1CCS(=O)(=O)CC1CC(=O)O. The topological polar surface area (TPSA) is 83.9 Å². The molecule has 0 spiro atoms. The van der Waals surface area contributed by atoms with Gasteiger partial charge in [0, 0.05) is 32.8 Å². The second-order valence-corrected chi connectivity index (χ2v) is 7.15. The molecule has 106 valence electrons. The predicted octanol–water partition coefficient (Wildman–Crippen LogP) is -0.157. The highest BCUT2D eigenvalue weighted by Gasteiger charge is 2.33. The van der Waals surface area contributed by atoms with Crippen molar-refractivity contribution in [3.05, 3.63) is 0 Å². The normalized spacial score (nSPS) is 25.8. The summed E-state index contributed by atoms with van der Waals surface area (Å²) in [5, 5.41) is 8.85. The molecule has 0 saturated carbocycles. The molecule has 0 bridgehead atoms. The zero-order chi connectivity index (χ0) is 13.8. The lowest BCUT2D eigenvalue weighted by atomic mass is 10.1. The number of hydrogen-bond acceptors (Lipinski definition) is 5. The van der Waals surface area contributed by atoms with Gasteiger partial charge >= 0.3 is 5.97 Å². The van der Waals surface area contributed by atoms with Crippen molar-refractivity contribution in [2.75, 3.05) is 38.3 Å². The van der Waals surface area contributed by atoms with Crippen LogP contribution < -0.4 is 0 Å². The summed E-state index contributed by atoms with van der Waals surface area (Å²) in [5.74, 6) is -0.643. The van der Waals surface area contributed by atoms with Gasteiger partial charge < -0.3 is 9.84 Å². The van der Waals surface area contributed by atoms with Crippen LogP contribution in [0.4, 0.5) is 0 Å². The maximum absolute atomic E-state index is 11.6. The molecule has 0 aliphatic carbocycles. The van der Waals surface area contributed by atoms with Gasteiger partial charge in [0.15, 0.2) is 9.84 Å². The molecule has 2 atom stereocenters. The van der Waals surface area contributed by atoms with E-state index in [4.69, 9.17) is 9.84 Å². The fourth-order valence-corrected chi connectivity index (χ4v) is 3.88. The number of hydrogen-bond donors (Lipinski definition) is 1. The van der Waals surface area contributed by atoms with E-state index < -0.39 is 21.8 Å². The molecule has 1 aliphatic rings. The Kier molecular flexibility index (Phi) is 5.55. The number of carbonyl (C=O) groups is 1. The fraction of sp³-hybridized carbons (Fsp3) is 0.909. The summed E-state index contributed by atoms with van der Waals surface area (Å²) in [5.41, 5.74) is 0. The highest BCUT2D eigenvalue weighted by molar-refractivity contribution is 7.91. The molecule has 0 radical (unpaired) electrons. The zero-order valence-corrected chi connectivity index (χ0v) is 11.6. The molecule has 1 N–H and O–H groups in total. The van der Waals surface area contributed by atoms with Gasteiger partial charge in [0.05, 0.1) is 17.9 Å². The van der Waals surface area contributed by atoms with Gasteiger partial charge in [-0.3, -0.25) is 9.69 Å². The van der Waals surface area contributed by atoms with Gasteiger partial charge in [0.2, 0.25) is 0 Å². The van der Waals surface area contributed by atoms with Crippen molar-refractivity contribution in [3.8, 4) is 0 Å². The lowest BCUT2D eigenvalue weighted by molar-refractivity contribution is -0.138. The smallest absolute Gasteiger partial charge is 0.304 e. The minimum absolute atomic E-state index is 0.0565. The summed E-state index contributed by atoms with van der Waals surface area (Å²) in [6.07, 6.45) is -0.126. The minimum Gasteiger partial charge on any atom is -0.481 e. The van der Waals surface area contributed by atoms with Crippen LogP contribution in [-0.2, 0) is 19.4 Å². The lowest BCUT2D eigenvalue weighted by Gasteiger charge is -2.36. The highest BCUT2D eigenvalue weighted by Crippen LogP contribution is 2.16. The van der Waals surface area contributed by atoms with Gasteiger partial charge in [0.25, 0.3) is 0 Å². The van der Waals surface area contributed by atoms with E-state index >= 15 is 0 Å². The van der Waals surface area contributed by atoms with E-state index in [1.807, 2.05) is 11.8 Å². The number of carboxylic acid groups (broad SMARTS) is 1. The van der Waals surface area contributed by atoms with Crippen molar-refractivity contribution in [1.82, 2.24) is 4.90 Å². The Morgan fingerprint density at radius 1 is 1.56 bits per heavy atom. The molecule has 0 aromatic heterocycles. The Bertz CT molecular complexity index is 381. The number of rotatable bonds is 6. The molecule has 0 aromatic rings. The van der Waals surface area contributed by atoms with Crippen LogP contribution in [0.1, 0.15) is 13.3 Å². The van der Waals surface area contributed by atoms with Crippen LogP contribution in [0.3, 0.4) is 0 Å². The van der Waals surface area contributed by atoms with Crippen molar-refractivity contribution >= 4 is 15.8 Å². The molecule has 0 aromatic carbocycles. The molecular formula is C11H21NO5S. The van der Waals surface area contributed by atoms with Crippen LogP contribution in [-0.4, -0.2) is 68.7 Å². The van der Waals surface area contributed by atoms with Gasteiger partial charge in [-0.25, -0.2) is 8.42 Å². The molecule has 1 fully saturated rings. The highest BCUT2D eigenvalue weighted by atomic mass is 32.2. The molecular weight excluding hydrogens is 258 g/mol. The number of methoxy groups -OCH3 is 1. The zero-order valence-electron chi connectivity index (χ0n) is 10.8. The van der Waals surface area contributed by atoms with Crippen molar-refractivity contribution in [2.45, 2.75) is 19.4 Å². The van der Waals surface area contributed by atoms with Crippen LogP contribution in [0.15, 0.2) is 0 Å². The average molecular weight is 279 g/mol. The van der Waals surface area contributed by atoms with E-state index in [2.05, 4.69) is 0 Å². The quantitative estimate of drug-likeness (QED) is 0.727. The monoisotopic (exact) mass is 279 g/mol. The molecule has 0 amide bonds. The summed E-state index contributed by atoms with van der Waals surface area (Å²) in [7, 11) is -1.48. The van der Waals surface area contributed by atoms with Gasteiger partial charge in [-0.15, -0.1) is 0 Å². The van der Waals surface area contributed by atoms with Crippen LogP contribution >= 0.6 is 0 Å². The number of sulfone groups is 1. The molecule has 1 saturated heterocycles. The fourth-order valence-electron chi connectivity index (χ4n) is 2.29. The Hall–Kier alpha value is -0.660. The minimum atomic E-state index is -3.09. The third-order valence-electron chi connectivity index (χ3n) is 3.06. The van der Waals surface area contributed by atoms with Gasteiger partial charge in [-0.2, -0.15) is 0 Å². The van der Waals surface area contributed by atoms with E-state index in [1.165, 1.54) is 0 Å². The summed E-state index contributed by atoms with van der Waals surface area (Å²) in [4.78, 5) is 12.7. The lowest BCUT2D eigenvalue weighted by Crippen LogP contribution is -2.50.